The molecule has 0 atom stereocenters. The van der Waals surface area contributed by atoms with Crippen molar-refractivity contribution in [2.75, 3.05) is 0 Å². The molecule has 0 aliphatic rings. The van der Waals surface area contributed by atoms with Gasteiger partial charge in [0.15, 0.2) is 0 Å². The minimum atomic E-state index is -4.88. The topological polar surface area (TPSA) is 75.3 Å². The minimum Gasteiger partial charge on any atom is -0.273 e. The highest BCUT2D eigenvalue weighted by Gasteiger charge is 2.36. The maximum Gasteiger partial charge on any atom is 0.417 e. The first-order valence-corrected chi connectivity index (χ1v) is 7.83. The van der Waals surface area contributed by atoms with Crippen LogP contribution < -0.4 is 10.3 Å². The molecule has 0 saturated carbocycles. The highest BCUT2D eigenvalue weighted by molar-refractivity contribution is 7.89. The molecule has 0 saturated heterocycles. The van der Waals surface area contributed by atoms with Crippen molar-refractivity contribution in [3.05, 3.63) is 65.5 Å². The number of halogens is 4. The summed E-state index contributed by atoms with van der Waals surface area (Å²) in [5.41, 5.74) is 0.322. The van der Waals surface area contributed by atoms with Crippen molar-refractivity contribution in [1.82, 2.24) is 10.3 Å². The predicted octanol–water partition coefficient (Wildman–Crippen LogP) is 2.47. The Bertz CT molecular complexity index is 849. The van der Waals surface area contributed by atoms with Crippen LogP contribution in [0.2, 0.25) is 0 Å². The number of nitrogens with one attached hydrogen (secondary N) is 2. The molecule has 10 heteroatoms. The molecule has 0 bridgehead atoms. The molecule has 2 aromatic carbocycles. The number of benzene rings is 2. The SMILES string of the molecule is O=C(NNS(=O)(=O)c1ccccc1C(F)(F)F)c1ccc(F)cc1. The van der Waals surface area contributed by atoms with Crippen molar-refractivity contribution in [2.24, 2.45) is 0 Å². The van der Waals surface area contributed by atoms with Crippen molar-refractivity contribution in [1.29, 1.82) is 0 Å². The van der Waals surface area contributed by atoms with Crippen LogP contribution in [0, 0.1) is 5.82 Å². The normalized spacial score (nSPS) is 12.0. The molecule has 0 fully saturated rings. The Hall–Kier alpha value is -2.46. The smallest absolute Gasteiger partial charge is 0.273 e. The maximum atomic E-state index is 12.9. The van der Waals surface area contributed by atoms with E-state index < -0.39 is 38.4 Å². The molecule has 2 aromatic rings. The molecular weight excluding hydrogens is 352 g/mol. The summed E-state index contributed by atoms with van der Waals surface area (Å²) in [5, 5.41) is 0. The van der Waals surface area contributed by atoms with E-state index in [0.29, 0.717) is 6.07 Å². The van der Waals surface area contributed by atoms with Gasteiger partial charge >= 0.3 is 6.18 Å². The Morgan fingerprint density at radius 1 is 0.958 bits per heavy atom. The number of alkyl halides is 3. The lowest BCUT2D eigenvalue weighted by molar-refractivity contribution is -0.139. The van der Waals surface area contributed by atoms with E-state index in [4.69, 9.17) is 0 Å². The van der Waals surface area contributed by atoms with Gasteiger partial charge in [0.1, 0.15) is 5.82 Å². The van der Waals surface area contributed by atoms with E-state index in [-0.39, 0.29) is 5.56 Å². The zero-order valence-corrected chi connectivity index (χ0v) is 12.6. The van der Waals surface area contributed by atoms with E-state index >= 15 is 0 Å². The third-order valence-corrected chi connectivity index (χ3v) is 4.19. The Morgan fingerprint density at radius 3 is 2.12 bits per heavy atom. The fourth-order valence-electron chi connectivity index (χ4n) is 1.78. The summed E-state index contributed by atoms with van der Waals surface area (Å²) in [6, 6.07) is 7.64. The van der Waals surface area contributed by atoms with E-state index in [9.17, 15) is 30.8 Å². The summed E-state index contributed by atoms with van der Waals surface area (Å²) in [4.78, 5) is 12.3. The van der Waals surface area contributed by atoms with Crippen LogP contribution in [-0.4, -0.2) is 14.3 Å². The summed E-state index contributed by atoms with van der Waals surface area (Å²) in [6.07, 6.45) is -4.88. The monoisotopic (exact) mass is 362 g/mol. The first-order valence-electron chi connectivity index (χ1n) is 6.35. The summed E-state index contributed by atoms with van der Waals surface area (Å²) in [7, 11) is -4.66. The molecule has 0 spiro atoms. The Morgan fingerprint density at radius 2 is 1.54 bits per heavy atom. The second-order valence-corrected chi connectivity index (χ2v) is 6.21. The Kier molecular flexibility index (Phi) is 4.90. The van der Waals surface area contributed by atoms with E-state index in [1.54, 1.807) is 10.3 Å². The number of carbonyl (C=O) groups is 1. The summed E-state index contributed by atoms with van der Waals surface area (Å²) >= 11 is 0. The van der Waals surface area contributed by atoms with Crippen LogP contribution in [0.1, 0.15) is 15.9 Å². The maximum absolute atomic E-state index is 12.9. The fraction of sp³-hybridized carbons (Fsp3) is 0.0714. The third kappa shape index (κ3) is 4.09. The van der Waals surface area contributed by atoms with Gasteiger partial charge in [0.05, 0.1) is 10.5 Å². The van der Waals surface area contributed by atoms with Crippen LogP contribution in [0.3, 0.4) is 0 Å². The summed E-state index contributed by atoms with van der Waals surface area (Å²) in [6.45, 7) is 0. The van der Waals surface area contributed by atoms with E-state index in [1.807, 2.05) is 0 Å². The zero-order chi connectivity index (χ0) is 18.0. The quantitative estimate of drug-likeness (QED) is 0.648. The lowest BCUT2D eigenvalue weighted by atomic mass is 10.2. The van der Waals surface area contributed by atoms with Crippen molar-refractivity contribution in [3.8, 4) is 0 Å². The fourth-order valence-corrected chi connectivity index (χ4v) is 2.85. The van der Waals surface area contributed by atoms with Crippen molar-refractivity contribution in [3.63, 3.8) is 0 Å². The van der Waals surface area contributed by atoms with Gasteiger partial charge in [-0.2, -0.15) is 13.2 Å². The van der Waals surface area contributed by atoms with Crippen LogP contribution >= 0.6 is 0 Å². The van der Waals surface area contributed by atoms with Gasteiger partial charge in [-0.3, -0.25) is 10.2 Å². The largest absolute Gasteiger partial charge is 0.417 e. The highest BCUT2D eigenvalue weighted by Crippen LogP contribution is 2.33. The van der Waals surface area contributed by atoms with E-state index in [2.05, 4.69) is 0 Å². The van der Waals surface area contributed by atoms with Crippen molar-refractivity contribution in [2.45, 2.75) is 11.1 Å². The molecule has 128 valence electrons. The number of sulfonamides is 1. The molecule has 0 aliphatic carbocycles. The molecule has 5 nitrogen and oxygen atoms in total. The van der Waals surface area contributed by atoms with Gasteiger partial charge in [-0.25, -0.2) is 12.8 Å². The van der Waals surface area contributed by atoms with Gasteiger partial charge in [-0.15, -0.1) is 4.83 Å². The third-order valence-electron chi connectivity index (χ3n) is 2.89. The number of amides is 1. The number of hydrazine groups is 1. The average molecular weight is 362 g/mol. The van der Waals surface area contributed by atoms with Gasteiger partial charge in [-0.1, -0.05) is 12.1 Å². The average Bonchev–Trinajstić information content (AvgIpc) is 2.52. The van der Waals surface area contributed by atoms with E-state index in [1.165, 1.54) is 0 Å². The van der Waals surface area contributed by atoms with Crippen molar-refractivity contribution < 1.29 is 30.8 Å². The first kappa shape index (κ1) is 17.9. The molecule has 2 N–H and O–H groups in total. The molecule has 2 rings (SSSR count). The van der Waals surface area contributed by atoms with Crippen LogP contribution in [0.25, 0.3) is 0 Å². The van der Waals surface area contributed by atoms with Gasteiger partial charge in [0, 0.05) is 5.56 Å². The van der Waals surface area contributed by atoms with Gasteiger partial charge in [-0.05, 0) is 36.4 Å². The number of hydrogen-bond donors (Lipinski definition) is 2. The molecule has 24 heavy (non-hydrogen) atoms. The van der Waals surface area contributed by atoms with Gasteiger partial charge in [0.2, 0.25) is 0 Å². The molecule has 0 heterocycles. The second kappa shape index (κ2) is 6.57. The molecule has 0 radical (unpaired) electrons. The highest BCUT2D eigenvalue weighted by atomic mass is 32.2. The molecule has 1 amide bonds. The zero-order valence-electron chi connectivity index (χ0n) is 11.8. The predicted molar refractivity (Wildman–Crippen MR) is 75.6 cm³/mol. The minimum absolute atomic E-state index is 0.0804. The van der Waals surface area contributed by atoms with Crippen LogP contribution in [0.5, 0.6) is 0 Å². The lowest BCUT2D eigenvalue weighted by Crippen LogP contribution is -2.42. The first-order chi connectivity index (χ1) is 11.1. The molecule has 0 unspecified atom stereocenters. The molecular formula is C14H10F4N2O3S. The van der Waals surface area contributed by atoms with Gasteiger partial charge < -0.3 is 0 Å². The van der Waals surface area contributed by atoms with Crippen LogP contribution in [0.15, 0.2) is 53.4 Å². The number of hydrogen-bond acceptors (Lipinski definition) is 3. The summed E-state index contributed by atoms with van der Waals surface area (Å²) in [5.74, 6) is -1.56. The van der Waals surface area contributed by atoms with Crippen molar-refractivity contribution >= 4 is 15.9 Å². The van der Waals surface area contributed by atoms with Gasteiger partial charge in [0.25, 0.3) is 15.9 Å². The summed E-state index contributed by atoms with van der Waals surface area (Å²) < 4.78 is 75.4. The second-order valence-electron chi connectivity index (χ2n) is 4.56. The van der Waals surface area contributed by atoms with E-state index in [0.717, 1.165) is 42.5 Å². The standard InChI is InChI=1S/C14H10F4N2O3S/c15-10-7-5-9(6-8-10)13(21)19-20-24(22,23)12-4-2-1-3-11(12)14(16,17)18/h1-8,20H,(H,19,21). The lowest BCUT2D eigenvalue weighted by Gasteiger charge is -2.14. The van der Waals surface area contributed by atoms with Crippen LogP contribution in [0.4, 0.5) is 17.6 Å². The van der Waals surface area contributed by atoms with Crippen LogP contribution in [-0.2, 0) is 16.2 Å². The number of rotatable bonds is 4. The Balaban J connectivity index is 2.21. The number of carbonyl (C=O) groups excluding carboxylic acids is 1. The Labute approximate surface area is 134 Å². The molecule has 0 aliphatic heterocycles. The molecule has 0 aromatic heterocycles.